The average molecular weight is 265 g/mol. The average Bonchev–Trinajstić information content (AvgIpc) is 2.38. The number of halogens is 3. The highest BCUT2D eigenvalue weighted by molar-refractivity contribution is 6.32. The molecule has 0 aliphatic rings. The molecular weight excluding hydrogens is 258 g/mol. The Kier molecular flexibility index (Phi) is 3.54. The first-order chi connectivity index (χ1) is 8.61. The number of aromatic nitrogens is 1. The van der Waals surface area contributed by atoms with Gasteiger partial charge >= 0.3 is 0 Å². The summed E-state index contributed by atoms with van der Waals surface area (Å²) in [6.07, 6.45) is -1.29. The first kappa shape index (κ1) is 12.5. The fraction of sp³-hybridized carbons (Fsp3) is 0.0769. The maximum absolute atomic E-state index is 12.5. The Labute approximate surface area is 107 Å². The SMILES string of the molecule is N#Cc1ccc(-c2ccnc(C(F)F)c2)cc1Cl. The van der Waals surface area contributed by atoms with Gasteiger partial charge in [0.2, 0.25) is 0 Å². The third kappa shape index (κ3) is 2.47. The van der Waals surface area contributed by atoms with Crippen LogP contribution in [0.15, 0.2) is 36.5 Å². The molecule has 1 heterocycles. The molecule has 0 amide bonds. The van der Waals surface area contributed by atoms with Crippen molar-refractivity contribution in [3.63, 3.8) is 0 Å². The molecule has 2 nitrogen and oxygen atoms in total. The summed E-state index contributed by atoms with van der Waals surface area (Å²) in [7, 11) is 0. The number of nitriles is 1. The largest absolute Gasteiger partial charge is 0.280 e. The molecule has 18 heavy (non-hydrogen) atoms. The smallest absolute Gasteiger partial charge is 0.255 e. The molecule has 0 N–H and O–H groups in total. The predicted octanol–water partition coefficient (Wildman–Crippen LogP) is 4.21. The quantitative estimate of drug-likeness (QED) is 0.815. The van der Waals surface area contributed by atoms with Crippen molar-refractivity contribution in [2.45, 2.75) is 6.43 Å². The van der Waals surface area contributed by atoms with Gasteiger partial charge < -0.3 is 0 Å². The summed E-state index contributed by atoms with van der Waals surface area (Å²) in [5.41, 5.74) is 1.33. The van der Waals surface area contributed by atoms with E-state index >= 15 is 0 Å². The van der Waals surface area contributed by atoms with E-state index in [0.717, 1.165) is 0 Å². The van der Waals surface area contributed by atoms with E-state index in [2.05, 4.69) is 4.98 Å². The summed E-state index contributed by atoms with van der Waals surface area (Å²) in [6, 6.07) is 9.65. The van der Waals surface area contributed by atoms with Gasteiger partial charge in [-0.3, -0.25) is 4.98 Å². The summed E-state index contributed by atoms with van der Waals surface area (Å²) in [5.74, 6) is 0. The molecule has 0 aliphatic heterocycles. The third-order valence-corrected chi connectivity index (χ3v) is 2.74. The van der Waals surface area contributed by atoms with Crippen LogP contribution in [-0.2, 0) is 0 Å². The molecule has 0 atom stereocenters. The standard InChI is InChI=1S/C13H7ClF2N2/c14-11-5-8(1-2-10(11)7-17)9-3-4-18-12(6-9)13(15)16/h1-6,13H. The van der Waals surface area contributed by atoms with Gasteiger partial charge in [-0.2, -0.15) is 5.26 Å². The Hall–Kier alpha value is -1.99. The van der Waals surface area contributed by atoms with Crippen LogP contribution in [0, 0.1) is 11.3 Å². The molecule has 2 aromatic rings. The first-order valence-corrected chi connectivity index (χ1v) is 5.43. The van der Waals surface area contributed by atoms with E-state index in [9.17, 15) is 8.78 Å². The minimum Gasteiger partial charge on any atom is -0.255 e. The zero-order valence-corrected chi connectivity index (χ0v) is 9.83. The number of alkyl halides is 2. The van der Waals surface area contributed by atoms with Gasteiger partial charge in [0.15, 0.2) is 0 Å². The van der Waals surface area contributed by atoms with Crippen LogP contribution in [0.5, 0.6) is 0 Å². The molecule has 0 bridgehead atoms. The van der Waals surface area contributed by atoms with Gasteiger partial charge in [0.05, 0.1) is 10.6 Å². The molecule has 0 aliphatic carbocycles. The van der Waals surface area contributed by atoms with Gasteiger partial charge in [-0.1, -0.05) is 17.7 Å². The van der Waals surface area contributed by atoms with Crippen molar-refractivity contribution in [1.82, 2.24) is 4.98 Å². The summed E-state index contributed by atoms with van der Waals surface area (Å²) < 4.78 is 25.1. The first-order valence-electron chi connectivity index (χ1n) is 5.06. The zero-order chi connectivity index (χ0) is 13.1. The lowest BCUT2D eigenvalue weighted by Gasteiger charge is -2.05. The maximum Gasteiger partial charge on any atom is 0.280 e. The minimum absolute atomic E-state index is 0.284. The zero-order valence-electron chi connectivity index (χ0n) is 9.07. The second-order valence-electron chi connectivity index (χ2n) is 3.58. The number of hydrogen-bond acceptors (Lipinski definition) is 2. The number of benzene rings is 1. The number of nitrogens with zero attached hydrogens (tertiary/aromatic N) is 2. The normalized spacial score (nSPS) is 10.4. The summed E-state index contributed by atoms with van der Waals surface area (Å²) in [5, 5.41) is 9.05. The highest BCUT2D eigenvalue weighted by Crippen LogP contribution is 2.27. The van der Waals surface area contributed by atoms with E-state index in [1.807, 2.05) is 6.07 Å². The monoisotopic (exact) mass is 264 g/mol. The summed E-state index contributed by atoms with van der Waals surface area (Å²) in [6.45, 7) is 0. The molecule has 90 valence electrons. The number of rotatable bonds is 2. The van der Waals surface area contributed by atoms with Gasteiger partial charge in [-0.25, -0.2) is 8.78 Å². The fourth-order valence-corrected chi connectivity index (χ4v) is 1.76. The van der Waals surface area contributed by atoms with Crippen molar-refractivity contribution in [3.8, 4) is 17.2 Å². The van der Waals surface area contributed by atoms with Crippen molar-refractivity contribution in [1.29, 1.82) is 5.26 Å². The van der Waals surface area contributed by atoms with Gasteiger partial charge in [0.25, 0.3) is 6.43 Å². The molecule has 2 rings (SSSR count). The summed E-state index contributed by atoms with van der Waals surface area (Å²) in [4.78, 5) is 3.59. The molecular formula is C13H7ClF2N2. The van der Waals surface area contributed by atoms with Gasteiger partial charge in [-0.15, -0.1) is 0 Å². The molecule has 0 unspecified atom stereocenters. The maximum atomic E-state index is 12.5. The Morgan fingerprint density at radius 3 is 2.50 bits per heavy atom. The van der Waals surface area contributed by atoms with E-state index in [0.29, 0.717) is 21.7 Å². The highest BCUT2D eigenvalue weighted by atomic mass is 35.5. The van der Waals surface area contributed by atoms with Gasteiger partial charge in [0.1, 0.15) is 11.8 Å². The van der Waals surface area contributed by atoms with Crippen LogP contribution in [0.1, 0.15) is 17.7 Å². The topological polar surface area (TPSA) is 36.7 Å². The highest BCUT2D eigenvalue weighted by Gasteiger charge is 2.10. The molecule has 1 aromatic heterocycles. The lowest BCUT2D eigenvalue weighted by molar-refractivity contribution is 0.146. The van der Waals surface area contributed by atoms with Crippen molar-refractivity contribution in [2.75, 3.05) is 0 Å². The lowest BCUT2D eigenvalue weighted by Crippen LogP contribution is -1.90. The predicted molar refractivity (Wildman–Crippen MR) is 64.4 cm³/mol. The number of hydrogen-bond donors (Lipinski definition) is 0. The van der Waals surface area contributed by atoms with Crippen molar-refractivity contribution in [3.05, 3.63) is 52.8 Å². The van der Waals surface area contributed by atoms with E-state index in [1.165, 1.54) is 12.3 Å². The molecule has 0 saturated heterocycles. The molecule has 1 aromatic carbocycles. The van der Waals surface area contributed by atoms with E-state index in [1.54, 1.807) is 24.3 Å². The fourth-order valence-electron chi connectivity index (χ4n) is 1.53. The molecule has 0 fully saturated rings. The Bertz CT molecular complexity index is 621. The van der Waals surface area contributed by atoms with Crippen LogP contribution in [0.25, 0.3) is 11.1 Å². The van der Waals surface area contributed by atoms with Crippen LogP contribution in [0.2, 0.25) is 5.02 Å². The van der Waals surface area contributed by atoms with Crippen LogP contribution in [-0.4, -0.2) is 4.98 Å². The number of pyridine rings is 1. The van der Waals surface area contributed by atoms with Crippen molar-refractivity contribution >= 4 is 11.6 Å². The van der Waals surface area contributed by atoms with Crippen LogP contribution >= 0.6 is 11.6 Å². The van der Waals surface area contributed by atoms with Crippen LogP contribution < -0.4 is 0 Å². The van der Waals surface area contributed by atoms with E-state index in [-0.39, 0.29) is 5.69 Å². The minimum atomic E-state index is -2.61. The lowest BCUT2D eigenvalue weighted by atomic mass is 10.0. The Morgan fingerprint density at radius 2 is 1.89 bits per heavy atom. The Balaban J connectivity index is 2.46. The van der Waals surface area contributed by atoms with Gasteiger partial charge in [-0.05, 0) is 35.4 Å². The van der Waals surface area contributed by atoms with Gasteiger partial charge in [0, 0.05) is 6.20 Å². The van der Waals surface area contributed by atoms with Crippen molar-refractivity contribution in [2.24, 2.45) is 0 Å². The van der Waals surface area contributed by atoms with E-state index in [4.69, 9.17) is 16.9 Å². The van der Waals surface area contributed by atoms with E-state index < -0.39 is 6.43 Å². The molecule has 0 saturated carbocycles. The third-order valence-electron chi connectivity index (χ3n) is 2.43. The van der Waals surface area contributed by atoms with Crippen molar-refractivity contribution < 1.29 is 8.78 Å². The second kappa shape index (κ2) is 5.11. The molecule has 0 radical (unpaired) electrons. The second-order valence-corrected chi connectivity index (χ2v) is 3.98. The molecule has 0 spiro atoms. The molecule has 5 heteroatoms. The Morgan fingerprint density at radius 1 is 1.17 bits per heavy atom. The van der Waals surface area contributed by atoms with Crippen LogP contribution in [0.3, 0.4) is 0 Å². The van der Waals surface area contributed by atoms with Crippen LogP contribution in [0.4, 0.5) is 8.78 Å². The summed E-state index contributed by atoms with van der Waals surface area (Å²) >= 11 is 5.90.